The number of ketones is 1. The molecule has 0 aliphatic carbocycles. The molecule has 0 heterocycles. The Labute approximate surface area is 116 Å². The predicted octanol–water partition coefficient (Wildman–Crippen LogP) is 4.67. The van der Waals surface area contributed by atoms with Crippen LogP contribution < -0.4 is 0 Å². The third-order valence-electron chi connectivity index (χ3n) is 1.84. The number of aliphatic hydroxyl groups excluding tert-OH is 1. The van der Waals surface area contributed by atoms with Crippen molar-refractivity contribution in [2.75, 3.05) is 0 Å². The fourth-order valence-electron chi connectivity index (χ4n) is 1.06. The van der Waals surface area contributed by atoms with E-state index in [9.17, 15) is 9.90 Å². The minimum atomic E-state index is -0.333. The second-order valence-corrected chi connectivity index (χ2v) is 5.06. The van der Waals surface area contributed by atoms with Gasteiger partial charge in [0, 0.05) is 15.9 Å². The summed E-state index contributed by atoms with van der Waals surface area (Å²) in [5.41, 5.74) is 0.524. The van der Waals surface area contributed by atoms with Crippen molar-refractivity contribution in [3.63, 3.8) is 0 Å². The number of halogens is 2. The number of carbonyl (C=O) groups is 1. The SMILES string of the molecule is CC(=O)/C(N=Nc1cc(Br)ccc1Br)=C(\C)O. The summed E-state index contributed by atoms with van der Waals surface area (Å²) in [5.74, 6) is -0.479. The summed E-state index contributed by atoms with van der Waals surface area (Å²) in [6.45, 7) is 2.72. The van der Waals surface area contributed by atoms with Gasteiger partial charge < -0.3 is 5.11 Å². The lowest BCUT2D eigenvalue weighted by Crippen LogP contribution is -1.96. The molecule has 4 nitrogen and oxygen atoms in total. The van der Waals surface area contributed by atoms with Crippen LogP contribution in [0.15, 0.2) is 48.8 Å². The summed E-state index contributed by atoms with van der Waals surface area (Å²) >= 11 is 6.63. The molecule has 17 heavy (non-hydrogen) atoms. The maximum Gasteiger partial charge on any atom is 0.183 e. The van der Waals surface area contributed by atoms with E-state index in [1.165, 1.54) is 13.8 Å². The molecule has 1 aromatic rings. The minimum absolute atomic E-state index is 0.0446. The summed E-state index contributed by atoms with van der Waals surface area (Å²) in [7, 11) is 0. The third-order valence-corrected chi connectivity index (χ3v) is 3.01. The predicted molar refractivity (Wildman–Crippen MR) is 72.4 cm³/mol. The number of nitrogens with zero attached hydrogens (tertiary/aromatic N) is 2. The van der Waals surface area contributed by atoms with E-state index in [1.54, 1.807) is 12.1 Å². The first-order valence-corrected chi connectivity index (χ1v) is 6.28. The van der Waals surface area contributed by atoms with Crippen molar-refractivity contribution >= 4 is 43.3 Å². The average molecular weight is 362 g/mol. The lowest BCUT2D eigenvalue weighted by Gasteiger charge is -1.99. The van der Waals surface area contributed by atoms with E-state index >= 15 is 0 Å². The molecule has 0 unspecified atom stereocenters. The van der Waals surface area contributed by atoms with E-state index in [1.807, 2.05) is 6.07 Å². The number of benzene rings is 1. The number of carbonyl (C=O) groups excluding carboxylic acids is 1. The largest absolute Gasteiger partial charge is 0.510 e. The first kappa shape index (κ1) is 14.1. The van der Waals surface area contributed by atoms with Crippen LogP contribution in [0.2, 0.25) is 0 Å². The number of aliphatic hydroxyl groups is 1. The van der Waals surface area contributed by atoms with Crippen molar-refractivity contribution in [3.05, 3.63) is 38.6 Å². The Morgan fingerprint density at radius 2 is 1.94 bits per heavy atom. The summed E-state index contributed by atoms with van der Waals surface area (Å²) in [4.78, 5) is 11.2. The van der Waals surface area contributed by atoms with Crippen LogP contribution in [0.4, 0.5) is 5.69 Å². The summed E-state index contributed by atoms with van der Waals surface area (Å²) < 4.78 is 1.60. The standard InChI is InChI=1S/C11H10Br2N2O2/c1-6(16)11(7(2)17)15-14-10-5-8(12)3-4-9(10)13/h3-5,16H,1-2H3/b11-6-,15-14?. The van der Waals surface area contributed by atoms with Gasteiger partial charge in [0.1, 0.15) is 11.4 Å². The number of azo groups is 1. The van der Waals surface area contributed by atoms with Crippen LogP contribution >= 0.6 is 31.9 Å². The molecule has 0 radical (unpaired) electrons. The molecular weight excluding hydrogens is 352 g/mol. The van der Waals surface area contributed by atoms with Gasteiger partial charge >= 0.3 is 0 Å². The van der Waals surface area contributed by atoms with Crippen molar-refractivity contribution in [2.45, 2.75) is 13.8 Å². The topological polar surface area (TPSA) is 62.0 Å². The third kappa shape index (κ3) is 4.05. The minimum Gasteiger partial charge on any atom is -0.510 e. The summed E-state index contributed by atoms with van der Waals surface area (Å²) in [6.07, 6.45) is 0. The number of hydrogen-bond donors (Lipinski definition) is 1. The Hall–Kier alpha value is -1.01. The fourth-order valence-corrected chi connectivity index (χ4v) is 1.74. The number of hydrogen-bond acceptors (Lipinski definition) is 4. The average Bonchev–Trinajstić information content (AvgIpc) is 2.22. The van der Waals surface area contributed by atoms with Gasteiger partial charge in [-0.2, -0.15) is 0 Å². The lowest BCUT2D eigenvalue weighted by molar-refractivity contribution is -0.113. The summed E-state index contributed by atoms with van der Waals surface area (Å²) in [6, 6.07) is 5.40. The maximum atomic E-state index is 11.2. The van der Waals surface area contributed by atoms with Crippen LogP contribution in [-0.2, 0) is 4.79 Å². The lowest BCUT2D eigenvalue weighted by atomic mass is 10.3. The number of allylic oxidation sites excluding steroid dienone is 2. The van der Waals surface area contributed by atoms with Gasteiger partial charge in [0.25, 0.3) is 0 Å². The monoisotopic (exact) mass is 360 g/mol. The second kappa shape index (κ2) is 6.07. The first-order chi connectivity index (χ1) is 7.91. The van der Waals surface area contributed by atoms with Gasteiger partial charge in [0.2, 0.25) is 0 Å². The Morgan fingerprint density at radius 3 is 2.47 bits per heavy atom. The van der Waals surface area contributed by atoms with Gasteiger partial charge in [-0.1, -0.05) is 15.9 Å². The molecule has 6 heteroatoms. The van der Waals surface area contributed by atoms with E-state index in [0.717, 1.165) is 8.95 Å². The quantitative estimate of drug-likeness (QED) is 0.483. The number of Topliss-reactive ketones (excluding diaryl/α,β-unsaturated/α-hetero) is 1. The van der Waals surface area contributed by atoms with Gasteiger partial charge in [-0.15, -0.1) is 10.2 Å². The zero-order valence-electron chi connectivity index (χ0n) is 9.24. The molecule has 0 aliphatic heterocycles. The van der Waals surface area contributed by atoms with Crippen molar-refractivity contribution in [2.24, 2.45) is 10.2 Å². The molecule has 0 saturated heterocycles. The van der Waals surface area contributed by atoms with E-state index < -0.39 is 0 Å². The molecule has 1 N–H and O–H groups in total. The van der Waals surface area contributed by atoms with Crippen LogP contribution in [0.25, 0.3) is 0 Å². The van der Waals surface area contributed by atoms with E-state index in [0.29, 0.717) is 5.69 Å². The molecule has 0 bridgehead atoms. The molecule has 0 amide bonds. The smallest absolute Gasteiger partial charge is 0.183 e. The molecule has 90 valence electrons. The highest BCUT2D eigenvalue weighted by Crippen LogP contribution is 2.29. The van der Waals surface area contributed by atoms with E-state index in [4.69, 9.17) is 0 Å². The van der Waals surface area contributed by atoms with Crippen LogP contribution in [0.3, 0.4) is 0 Å². The van der Waals surface area contributed by atoms with Gasteiger partial charge in [0.15, 0.2) is 11.5 Å². The van der Waals surface area contributed by atoms with Crippen molar-refractivity contribution in [3.8, 4) is 0 Å². The molecule has 0 spiro atoms. The Bertz CT molecular complexity index is 506. The normalized spacial score (nSPS) is 12.7. The highest BCUT2D eigenvalue weighted by Gasteiger charge is 2.07. The van der Waals surface area contributed by atoms with Gasteiger partial charge in [-0.25, -0.2) is 0 Å². The summed E-state index contributed by atoms with van der Waals surface area (Å²) in [5, 5.41) is 16.9. The van der Waals surface area contributed by atoms with Crippen molar-refractivity contribution < 1.29 is 9.90 Å². The molecule has 1 rings (SSSR count). The first-order valence-electron chi connectivity index (χ1n) is 4.69. The van der Waals surface area contributed by atoms with Crippen LogP contribution in [0.1, 0.15) is 13.8 Å². The van der Waals surface area contributed by atoms with Crippen LogP contribution in [0.5, 0.6) is 0 Å². The second-order valence-electron chi connectivity index (χ2n) is 3.29. The Kier molecular flexibility index (Phi) is 5.02. The molecular formula is C11H10Br2N2O2. The molecule has 0 fully saturated rings. The van der Waals surface area contributed by atoms with Gasteiger partial charge in [-0.05, 0) is 41.1 Å². The Balaban J connectivity index is 3.09. The molecule has 0 atom stereocenters. The van der Waals surface area contributed by atoms with Crippen LogP contribution in [-0.4, -0.2) is 10.9 Å². The maximum absolute atomic E-state index is 11.2. The van der Waals surface area contributed by atoms with Gasteiger partial charge in [0.05, 0.1) is 0 Å². The number of rotatable bonds is 3. The molecule has 0 saturated carbocycles. The van der Waals surface area contributed by atoms with Gasteiger partial charge in [-0.3, -0.25) is 4.79 Å². The Morgan fingerprint density at radius 1 is 1.29 bits per heavy atom. The molecule has 0 aromatic heterocycles. The van der Waals surface area contributed by atoms with Crippen LogP contribution in [0, 0.1) is 0 Å². The molecule has 0 aliphatic rings. The zero-order valence-corrected chi connectivity index (χ0v) is 12.4. The highest BCUT2D eigenvalue weighted by molar-refractivity contribution is 9.11. The zero-order chi connectivity index (χ0) is 13.0. The molecule has 1 aromatic carbocycles. The highest BCUT2D eigenvalue weighted by atomic mass is 79.9. The fraction of sp³-hybridized carbons (Fsp3) is 0.182. The van der Waals surface area contributed by atoms with Crippen molar-refractivity contribution in [1.82, 2.24) is 0 Å². The van der Waals surface area contributed by atoms with E-state index in [-0.39, 0.29) is 17.2 Å². The van der Waals surface area contributed by atoms with Crippen molar-refractivity contribution in [1.29, 1.82) is 0 Å². The van der Waals surface area contributed by atoms with E-state index in [2.05, 4.69) is 42.1 Å².